The number of aromatic nitrogens is 4. The molecule has 0 radical (unpaired) electrons. The van der Waals surface area contributed by atoms with Crippen LogP contribution >= 0.6 is 0 Å². The van der Waals surface area contributed by atoms with Crippen molar-refractivity contribution in [3.63, 3.8) is 0 Å². The number of rotatable bonds is 8. The van der Waals surface area contributed by atoms with Gasteiger partial charge < -0.3 is 9.84 Å². The van der Waals surface area contributed by atoms with E-state index in [2.05, 4.69) is 15.5 Å². The molecule has 1 heterocycles. The number of benzene rings is 2. The Labute approximate surface area is 191 Å². The summed E-state index contributed by atoms with van der Waals surface area (Å²) in [5.74, 6) is -5.49. The van der Waals surface area contributed by atoms with Gasteiger partial charge in [-0.2, -0.15) is 5.26 Å². The summed E-state index contributed by atoms with van der Waals surface area (Å²) in [5, 5.41) is 30.3. The maximum absolute atomic E-state index is 16.1. The SMILES string of the molecule is N#CCOc1ccc(C23CC(C(F)(F)[C@](O)(Cn4cnnn4)c4ccc(F)cc4F)(C2)C3)cc1. The summed E-state index contributed by atoms with van der Waals surface area (Å²) in [6.45, 7) is -0.908. The largest absolute Gasteiger partial charge is 0.479 e. The molecule has 6 rings (SSSR count). The van der Waals surface area contributed by atoms with Crippen LogP contribution in [0.3, 0.4) is 0 Å². The topological polar surface area (TPSA) is 96.8 Å². The molecule has 2 bridgehead atoms. The summed E-state index contributed by atoms with van der Waals surface area (Å²) in [6, 6.07) is 10.9. The fraction of sp³-hybridized carbons (Fsp3) is 0.391. The third kappa shape index (κ3) is 3.09. The Bertz CT molecular complexity index is 1240. The normalized spacial score (nSPS) is 24.9. The predicted molar refractivity (Wildman–Crippen MR) is 109 cm³/mol. The first kappa shape index (κ1) is 22.3. The number of nitriles is 1. The zero-order valence-electron chi connectivity index (χ0n) is 17.8. The number of tetrazole rings is 1. The van der Waals surface area contributed by atoms with Gasteiger partial charge in [0.25, 0.3) is 5.92 Å². The molecule has 11 heteroatoms. The first-order chi connectivity index (χ1) is 16.1. The number of aliphatic hydroxyl groups is 1. The van der Waals surface area contributed by atoms with Gasteiger partial charge in [0, 0.05) is 17.0 Å². The molecule has 0 unspecified atom stereocenters. The van der Waals surface area contributed by atoms with E-state index in [1.54, 1.807) is 24.3 Å². The molecule has 0 saturated heterocycles. The van der Waals surface area contributed by atoms with Gasteiger partial charge >= 0.3 is 0 Å². The molecule has 34 heavy (non-hydrogen) atoms. The number of ether oxygens (including phenoxy) is 1. The summed E-state index contributed by atoms with van der Waals surface area (Å²) in [6.07, 6.45) is 1.31. The molecule has 1 atom stereocenters. The molecule has 3 fully saturated rings. The molecular formula is C23H19F4N5O2. The molecule has 1 aromatic heterocycles. The maximum atomic E-state index is 16.1. The molecule has 3 aliphatic carbocycles. The highest BCUT2D eigenvalue weighted by atomic mass is 19.3. The third-order valence-corrected chi connectivity index (χ3v) is 7.14. The lowest BCUT2D eigenvalue weighted by Crippen LogP contribution is -2.76. The second-order valence-electron chi connectivity index (χ2n) is 9.13. The number of hydrogen-bond acceptors (Lipinski definition) is 6. The molecule has 0 aliphatic heterocycles. The lowest BCUT2D eigenvalue weighted by molar-refractivity contribution is -0.347. The summed E-state index contributed by atoms with van der Waals surface area (Å²) in [4.78, 5) is 0. The van der Waals surface area contributed by atoms with E-state index in [4.69, 9.17) is 10.00 Å². The third-order valence-electron chi connectivity index (χ3n) is 7.14. The van der Waals surface area contributed by atoms with E-state index in [0.717, 1.165) is 28.7 Å². The average Bonchev–Trinajstić information content (AvgIpc) is 3.23. The second-order valence-corrected chi connectivity index (χ2v) is 9.13. The van der Waals surface area contributed by atoms with Gasteiger partial charge in [-0.3, -0.25) is 0 Å². The van der Waals surface area contributed by atoms with Crippen LogP contribution < -0.4 is 4.74 Å². The van der Waals surface area contributed by atoms with Crippen LogP contribution in [0.15, 0.2) is 48.8 Å². The smallest absolute Gasteiger partial charge is 0.287 e. The predicted octanol–water partition coefficient (Wildman–Crippen LogP) is 3.50. The highest BCUT2D eigenvalue weighted by Gasteiger charge is 2.82. The number of hydrogen-bond donors (Lipinski definition) is 1. The minimum Gasteiger partial charge on any atom is -0.479 e. The van der Waals surface area contributed by atoms with Gasteiger partial charge in [-0.25, -0.2) is 22.2 Å². The van der Waals surface area contributed by atoms with Crippen LogP contribution in [-0.2, 0) is 17.6 Å². The highest BCUT2D eigenvalue weighted by molar-refractivity contribution is 5.44. The quantitative estimate of drug-likeness (QED) is 0.503. The Balaban J connectivity index is 1.44. The molecule has 0 spiro atoms. The maximum Gasteiger partial charge on any atom is 0.287 e. The zero-order valence-corrected chi connectivity index (χ0v) is 17.8. The van der Waals surface area contributed by atoms with Gasteiger partial charge in [-0.05, 0) is 64.9 Å². The van der Waals surface area contributed by atoms with E-state index in [1.165, 1.54) is 0 Å². The van der Waals surface area contributed by atoms with E-state index in [-0.39, 0.29) is 25.9 Å². The molecule has 3 aromatic rings. The lowest BCUT2D eigenvalue weighted by Gasteiger charge is -2.74. The molecule has 0 amide bonds. The molecule has 2 aromatic carbocycles. The van der Waals surface area contributed by atoms with E-state index in [0.29, 0.717) is 11.8 Å². The Morgan fingerprint density at radius 1 is 1.12 bits per heavy atom. The van der Waals surface area contributed by atoms with E-state index >= 15 is 8.78 Å². The van der Waals surface area contributed by atoms with Crippen molar-refractivity contribution in [2.45, 2.75) is 42.7 Å². The standard InChI is InChI=1S/C23H19F4N5O2/c24-16-3-6-18(19(25)9-16)22(33,13-32-14-29-30-31-32)23(26,27)21-10-20(11-21,12-21)15-1-4-17(5-2-15)34-8-7-28/h1-6,9,14,33H,8,10-13H2/t20?,21?,22-/m0/s1. The number of nitrogens with zero attached hydrogens (tertiary/aromatic N) is 5. The van der Waals surface area contributed by atoms with E-state index in [1.807, 2.05) is 6.07 Å². The van der Waals surface area contributed by atoms with E-state index < -0.39 is 46.1 Å². The van der Waals surface area contributed by atoms with Gasteiger partial charge in [0.05, 0.1) is 6.54 Å². The second kappa shape index (κ2) is 7.50. The minimum atomic E-state index is -3.78. The molecule has 176 valence electrons. The fourth-order valence-electron chi connectivity index (χ4n) is 5.55. The first-order valence-electron chi connectivity index (χ1n) is 10.5. The van der Waals surface area contributed by atoms with Crippen LogP contribution in [0.4, 0.5) is 17.6 Å². The Hall–Kier alpha value is -3.52. The van der Waals surface area contributed by atoms with Crippen molar-refractivity contribution in [1.29, 1.82) is 5.26 Å². The van der Waals surface area contributed by atoms with Crippen molar-refractivity contribution >= 4 is 0 Å². The van der Waals surface area contributed by atoms with E-state index in [9.17, 15) is 13.9 Å². The number of alkyl halides is 2. The van der Waals surface area contributed by atoms with Crippen LogP contribution in [0.25, 0.3) is 0 Å². The van der Waals surface area contributed by atoms with Crippen LogP contribution in [0, 0.1) is 28.4 Å². The molecule has 7 nitrogen and oxygen atoms in total. The van der Waals surface area contributed by atoms with Crippen molar-refractivity contribution in [2.24, 2.45) is 5.41 Å². The molecule has 3 aliphatic rings. The van der Waals surface area contributed by atoms with Crippen LogP contribution in [0.1, 0.15) is 30.4 Å². The van der Waals surface area contributed by atoms with Gasteiger partial charge in [0.15, 0.2) is 12.2 Å². The summed E-state index contributed by atoms with van der Waals surface area (Å²) < 4.78 is 66.6. The van der Waals surface area contributed by atoms with Crippen LogP contribution in [0.2, 0.25) is 0 Å². The number of halogens is 4. The average molecular weight is 473 g/mol. The van der Waals surface area contributed by atoms with Gasteiger partial charge in [0.1, 0.15) is 29.8 Å². The van der Waals surface area contributed by atoms with Gasteiger partial charge in [-0.1, -0.05) is 12.1 Å². The summed E-state index contributed by atoms with van der Waals surface area (Å²) in [5.41, 5.74) is -4.92. The monoisotopic (exact) mass is 473 g/mol. The van der Waals surface area contributed by atoms with Crippen molar-refractivity contribution < 1.29 is 27.4 Å². The first-order valence-corrected chi connectivity index (χ1v) is 10.5. The minimum absolute atomic E-state index is 0.0894. The van der Waals surface area contributed by atoms with Crippen LogP contribution in [0.5, 0.6) is 5.75 Å². The zero-order chi connectivity index (χ0) is 24.2. The fourth-order valence-corrected chi connectivity index (χ4v) is 5.55. The Morgan fingerprint density at radius 3 is 2.41 bits per heavy atom. The van der Waals surface area contributed by atoms with Crippen LogP contribution in [-0.4, -0.2) is 37.8 Å². The molecule has 1 N–H and O–H groups in total. The Kier molecular flexibility index (Phi) is 4.91. The molecule has 3 saturated carbocycles. The molecular weight excluding hydrogens is 454 g/mol. The van der Waals surface area contributed by atoms with Crippen molar-refractivity contribution in [3.8, 4) is 11.8 Å². The highest BCUT2D eigenvalue weighted by Crippen LogP contribution is 2.80. The van der Waals surface area contributed by atoms with Gasteiger partial charge in [-0.15, -0.1) is 5.10 Å². The lowest BCUT2D eigenvalue weighted by atomic mass is 9.30. The van der Waals surface area contributed by atoms with Gasteiger partial charge in [0.2, 0.25) is 0 Å². The summed E-state index contributed by atoms with van der Waals surface area (Å²) in [7, 11) is 0. The van der Waals surface area contributed by atoms with Crippen molar-refractivity contribution in [1.82, 2.24) is 20.2 Å². The summed E-state index contributed by atoms with van der Waals surface area (Å²) >= 11 is 0. The van der Waals surface area contributed by atoms with Crippen molar-refractivity contribution in [3.05, 3.63) is 71.6 Å². The van der Waals surface area contributed by atoms with Crippen molar-refractivity contribution in [2.75, 3.05) is 6.61 Å². The Morgan fingerprint density at radius 2 is 1.82 bits per heavy atom.